The summed E-state index contributed by atoms with van der Waals surface area (Å²) in [7, 11) is 1.35. The van der Waals surface area contributed by atoms with Crippen molar-refractivity contribution < 1.29 is 9.53 Å². The first kappa shape index (κ1) is 13.6. The van der Waals surface area contributed by atoms with Gasteiger partial charge in [0.05, 0.1) is 7.11 Å². The van der Waals surface area contributed by atoms with E-state index in [1.807, 2.05) is 0 Å². The van der Waals surface area contributed by atoms with Crippen molar-refractivity contribution in [1.82, 2.24) is 4.98 Å². The molecule has 1 fully saturated rings. The van der Waals surface area contributed by atoms with Gasteiger partial charge in [-0.15, -0.1) is 0 Å². The molecule has 0 spiro atoms. The SMILES string of the molecule is COC(=O)c1sc(N2CCC(C)(C)CC2)nc1Cl. The Balaban J connectivity index is 2.13. The van der Waals surface area contributed by atoms with Crippen LogP contribution in [0.25, 0.3) is 0 Å². The van der Waals surface area contributed by atoms with Crippen LogP contribution in [0.1, 0.15) is 36.4 Å². The van der Waals surface area contributed by atoms with E-state index in [0.717, 1.165) is 31.1 Å². The van der Waals surface area contributed by atoms with Crippen LogP contribution >= 0.6 is 22.9 Å². The number of thiazole rings is 1. The normalized spacial score (nSPS) is 18.8. The highest BCUT2D eigenvalue weighted by atomic mass is 35.5. The number of aromatic nitrogens is 1. The zero-order valence-electron chi connectivity index (χ0n) is 10.8. The van der Waals surface area contributed by atoms with Crippen molar-refractivity contribution in [2.75, 3.05) is 25.1 Å². The van der Waals surface area contributed by atoms with E-state index in [2.05, 4.69) is 28.5 Å². The minimum absolute atomic E-state index is 0.242. The van der Waals surface area contributed by atoms with Gasteiger partial charge in [0.25, 0.3) is 0 Å². The highest BCUT2D eigenvalue weighted by Gasteiger charge is 2.28. The third-order valence-electron chi connectivity index (χ3n) is 3.33. The second-order valence-electron chi connectivity index (χ2n) is 5.26. The monoisotopic (exact) mass is 288 g/mol. The molecule has 0 radical (unpaired) electrons. The molecular formula is C12H17ClN2O2S. The number of rotatable bonds is 2. The quantitative estimate of drug-likeness (QED) is 0.784. The molecule has 0 unspecified atom stereocenters. The number of methoxy groups -OCH3 is 1. The average molecular weight is 289 g/mol. The van der Waals surface area contributed by atoms with Gasteiger partial charge in [-0.3, -0.25) is 0 Å². The molecule has 0 saturated carbocycles. The van der Waals surface area contributed by atoms with Crippen LogP contribution < -0.4 is 4.90 Å². The predicted octanol–water partition coefficient (Wildman–Crippen LogP) is 3.21. The minimum atomic E-state index is -0.416. The van der Waals surface area contributed by atoms with E-state index < -0.39 is 5.97 Å². The molecule has 0 amide bonds. The molecule has 1 aromatic rings. The Bertz CT molecular complexity index is 449. The number of halogens is 1. The van der Waals surface area contributed by atoms with Crippen molar-refractivity contribution in [2.45, 2.75) is 26.7 Å². The Morgan fingerprint density at radius 1 is 1.44 bits per heavy atom. The summed E-state index contributed by atoms with van der Waals surface area (Å²) in [4.78, 5) is 18.3. The Morgan fingerprint density at radius 3 is 2.61 bits per heavy atom. The maximum absolute atomic E-state index is 11.5. The summed E-state index contributed by atoms with van der Waals surface area (Å²) in [5, 5.41) is 1.06. The molecule has 0 aliphatic carbocycles. The first-order chi connectivity index (χ1) is 8.43. The lowest BCUT2D eigenvalue weighted by atomic mass is 9.83. The summed E-state index contributed by atoms with van der Waals surface area (Å²) in [5.41, 5.74) is 0.392. The predicted molar refractivity (Wildman–Crippen MR) is 73.7 cm³/mol. The highest BCUT2D eigenvalue weighted by Crippen LogP contribution is 2.36. The second-order valence-corrected chi connectivity index (χ2v) is 6.59. The molecule has 100 valence electrons. The molecule has 1 aliphatic rings. The van der Waals surface area contributed by atoms with Crippen LogP contribution in [0.15, 0.2) is 0 Å². The van der Waals surface area contributed by atoms with Crippen molar-refractivity contribution in [1.29, 1.82) is 0 Å². The Morgan fingerprint density at radius 2 is 2.06 bits per heavy atom. The highest BCUT2D eigenvalue weighted by molar-refractivity contribution is 7.18. The van der Waals surface area contributed by atoms with Crippen molar-refractivity contribution in [2.24, 2.45) is 5.41 Å². The van der Waals surface area contributed by atoms with Crippen LogP contribution in [0.5, 0.6) is 0 Å². The number of ether oxygens (including phenoxy) is 1. The number of anilines is 1. The van der Waals surface area contributed by atoms with E-state index in [-0.39, 0.29) is 5.15 Å². The van der Waals surface area contributed by atoms with E-state index in [1.165, 1.54) is 18.4 Å². The summed E-state index contributed by atoms with van der Waals surface area (Å²) in [6.45, 7) is 6.47. The van der Waals surface area contributed by atoms with E-state index in [0.29, 0.717) is 10.3 Å². The maximum Gasteiger partial charge on any atom is 0.351 e. The van der Waals surface area contributed by atoms with Crippen LogP contribution in [0.3, 0.4) is 0 Å². The fourth-order valence-corrected chi connectivity index (χ4v) is 3.20. The molecule has 1 aliphatic heterocycles. The third kappa shape index (κ3) is 2.78. The number of carbonyl (C=O) groups is 1. The van der Waals surface area contributed by atoms with E-state index >= 15 is 0 Å². The summed E-state index contributed by atoms with van der Waals surface area (Å²) in [5.74, 6) is -0.416. The summed E-state index contributed by atoms with van der Waals surface area (Å²) < 4.78 is 4.68. The van der Waals surface area contributed by atoms with Crippen LogP contribution in [0, 0.1) is 5.41 Å². The van der Waals surface area contributed by atoms with Gasteiger partial charge in [0.1, 0.15) is 0 Å². The number of carbonyl (C=O) groups excluding carboxylic acids is 1. The first-order valence-electron chi connectivity index (χ1n) is 5.92. The lowest BCUT2D eigenvalue weighted by molar-refractivity contribution is 0.0606. The van der Waals surface area contributed by atoms with Gasteiger partial charge in [0.15, 0.2) is 15.2 Å². The summed E-state index contributed by atoms with van der Waals surface area (Å²) >= 11 is 7.27. The van der Waals surface area contributed by atoms with Gasteiger partial charge in [-0.1, -0.05) is 36.8 Å². The molecule has 0 atom stereocenters. The van der Waals surface area contributed by atoms with E-state index in [4.69, 9.17) is 11.6 Å². The number of esters is 1. The van der Waals surface area contributed by atoms with Gasteiger partial charge < -0.3 is 9.64 Å². The Hall–Kier alpha value is -0.810. The lowest BCUT2D eigenvalue weighted by Gasteiger charge is -2.36. The van der Waals surface area contributed by atoms with Crippen molar-refractivity contribution in [3.63, 3.8) is 0 Å². The lowest BCUT2D eigenvalue weighted by Crippen LogP contribution is -2.37. The van der Waals surface area contributed by atoms with Gasteiger partial charge in [0, 0.05) is 13.1 Å². The Kier molecular flexibility index (Phi) is 3.82. The van der Waals surface area contributed by atoms with Gasteiger partial charge >= 0.3 is 5.97 Å². The van der Waals surface area contributed by atoms with Crippen LogP contribution in [0.2, 0.25) is 5.15 Å². The second kappa shape index (κ2) is 5.05. The third-order valence-corrected chi connectivity index (χ3v) is 4.81. The molecule has 0 aromatic carbocycles. The molecule has 2 heterocycles. The van der Waals surface area contributed by atoms with Gasteiger partial charge in [-0.25, -0.2) is 9.78 Å². The number of nitrogens with zero attached hydrogens (tertiary/aromatic N) is 2. The molecule has 0 bridgehead atoms. The fraction of sp³-hybridized carbons (Fsp3) is 0.667. The average Bonchev–Trinajstić information content (AvgIpc) is 2.70. The first-order valence-corrected chi connectivity index (χ1v) is 7.12. The van der Waals surface area contributed by atoms with Crippen LogP contribution in [-0.2, 0) is 4.74 Å². The summed E-state index contributed by atoms with van der Waals surface area (Å²) in [6.07, 6.45) is 2.25. The zero-order valence-corrected chi connectivity index (χ0v) is 12.4. The largest absolute Gasteiger partial charge is 0.465 e. The molecule has 1 aromatic heterocycles. The van der Waals surface area contributed by atoms with Crippen molar-refractivity contribution in [3.05, 3.63) is 10.0 Å². The molecule has 2 rings (SSSR count). The standard InChI is InChI=1S/C12H17ClN2O2S/c1-12(2)4-6-15(7-5-12)11-14-9(13)8(18-11)10(16)17-3/h4-7H2,1-3H3. The molecular weight excluding hydrogens is 272 g/mol. The van der Waals surface area contributed by atoms with Gasteiger partial charge in [-0.2, -0.15) is 0 Å². The number of piperidine rings is 1. The topological polar surface area (TPSA) is 42.4 Å². The molecule has 1 saturated heterocycles. The minimum Gasteiger partial charge on any atom is -0.465 e. The summed E-state index contributed by atoms with van der Waals surface area (Å²) in [6, 6.07) is 0. The smallest absolute Gasteiger partial charge is 0.351 e. The molecule has 0 N–H and O–H groups in total. The molecule has 6 heteroatoms. The molecule has 4 nitrogen and oxygen atoms in total. The Labute approximate surface area is 116 Å². The van der Waals surface area contributed by atoms with E-state index in [1.54, 1.807) is 0 Å². The van der Waals surface area contributed by atoms with Gasteiger partial charge in [0.2, 0.25) is 0 Å². The van der Waals surface area contributed by atoms with Crippen molar-refractivity contribution in [3.8, 4) is 0 Å². The number of hydrogen-bond acceptors (Lipinski definition) is 5. The van der Waals surface area contributed by atoms with Gasteiger partial charge in [-0.05, 0) is 18.3 Å². The molecule has 18 heavy (non-hydrogen) atoms. The van der Waals surface area contributed by atoms with E-state index in [9.17, 15) is 4.79 Å². The van der Waals surface area contributed by atoms with Crippen molar-refractivity contribution >= 4 is 34.0 Å². The zero-order chi connectivity index (χ0) is 13.3. The fourth-order valence-electron chi connectivity index (χ4n) is 1.95. The maximum atomic E-state index is 11.5. The van der Waals surface area contributed by atoms with Crippen LogP contribution in [-0.4, -0.2) is 31.2 Å². The van der Waals surface area contributed by atoms with Crippen LogP contribution in [0.4, 0.5) is 5.13 Å². The number of hydrogen-bond donors (Lipinski definition) is 0.